The van der Waals surface area contributed by atoms with Crippen molar-refractivity contribution in [2.45, 2.75) is 129 Å². The third-order valence-electron chi connectivity index (χ3n) is 6.84. The number of unbranched alkanes of at least 4 members (excludes halogenated alkanes) is 2. The van der Waals surface area contributed by atoms with Gasteiger partial charge in [-0.3, -0.25) is 0 Å². The lowest BCUT2D eigenvalue weighted by Gasteiger charge is -2.38. The van der Waals surface area contributed by atoms with E-state index >= 15 is 0 Å². The maximum absolute atomic E-state index is 9.43. The Kier molecular flexibility index (Phi) is 13.6. The Hall–Kier alpha value is -0.646. The van der Waals surface area contributed by atoms with Crippen molar-refractivity contribution < 1.29 is 14.0 Å². The molecular weight excluding hydrogens is 428 g/mol. The van der Waals surface area contributed by atoms with E-state index in [4.69, 9.17) is 8.85 Å². The molecular formula is C27H52O3Si2. The molecule has 0 heterocycles. The Morgan fingerprint density at radius 3 is 1.91 bits per heavy atom. The van der Waals surface area contributed by atoms with Gasteiger partial charge in [-0.15, -0.1) is 0 Å². The number of allylic oxidation sites excluding steroid dienone is 3. The molecule has 32 heavy (non-hydrogen) atoms. The number of hydrogen-bond acceptors (Lipinski definition) is 3. The molecule has 0 fully saturated rings. The predicted octanol–water partition coefficient (Wildman–Crippen LogP) is 7.85. The van der Waals surface area contributed by atoms with Crippen molar-refractivity contribution in [2.24, 2.45) is 0 Å². The summed E-state index contributed by atoms with van der Waals surface area (Å²) in [5.41, 5.74) is 0. The van der Waals surface area contributed by atoms with E-state index in [0.717, 1.165) is 12.8 Å². The minimum absolute atomic E-state index is 0.000117. The van der Waals surface area contributed by atoms with Crippen LogP contribution in [-0.4, -0.2) is 40.6 Å². The maximum Gasteiger partial charge on any atom is 0.193 e. The first-order chi connectivity index (χ1) is 14.6. The van der Waals surface area contributed by atoms with Gasteiger partial charge in [0.1, 0.15) is 6.10 Å². The van der Waals surface area contributed by atoms with E-state index in [-0.39, 0.29) is 28.9 Å². The Morgan fingerprint density at radius 2 is 1.41 bits per heavy atom. The molecule has 0 saturated heterocycles. The molecule has 0 aliphatic heterocycles. The van der Waals surface area contributed by atoms with Gasteiger partial charge in [0.2, 0.25) is 0 Å². The van der Waals surface area contributed by atoms with Gasteiger partial charge in [0.05, 0.1) is 6.10 Å². The van der Waals surface area contributed by atoms with Crippen molar-refractivity contribution >= 4 is 16.6 Å². The van der Waals surface area contributed by atoms with Gasteiger partial charge in [-0.25, -0.2) is 0 Å². The third kappa shape index (κ3) is 12.0. The Bertz CT molecular complexity index is 641. The van der Waals surface area contributed by atoms with E-state index in [2.05, 4.69) is 86.5 Å². The van der Waals surface area contributed by atoms with Crippen LogP contribution in [0, 0.1) is 11.8 Å². The van der Waals surface area contributed by atoms with Crippen molar-refractivity contribution in [3.05, 3.63) is 24.3 Å². The molecule has 0 bridgehead atoms. The van der Waals surface area contributed by atoms with Crippen LogP contribution in [-0.2, 0) is 8.85 Å². The molecule has 2 atom stereocenters. The van der Waals surface area contributed by atoms with Crippen LogP contribution in [0.15, 0.2) is 24.3 Å². The zero-order valence-electron chi connectivity index (χ0n) is 23.0. The van der Waals surface area contributed by atoms with Crippen LogP contribution in [0.1, 0.15) is 80.6 Å². The minimum Gasteiger partial charge on any atom is -0.410 e. The van der Waals surface area contributed by atoms with Crippen molar-refractivity contribution in [1.29, 1.82) is 0 Å². The zero-order chi connectivity index (χ0) is 25.1. The first kappa shape index (κ1) is 31.4. The average Bonchev–Trinajstić information content (AvgIpc) is 2.62. The van der Waals surface area contributed by atoms with Gasteiger partial charge in [-0.2, -0.15) is 0 Å². The van der Waals surface area contributed by atoms with E-state index in [1.807, 2.05) is 24.3 Å². The Balaban J connectivity index is 5.18. The minimum atomic E-state index is -1.88. The van der Waals surface area contributed by atoms with Crippen LogP contribution >= 0.6 is 0 Å². The summed E-state index contributed by atoms with van der Waals surface area (Å²) in [4.78, 5) is 0. The Morgan fingerprint density at radius 1 is 0.844 bits per heavy atom. The first-order valence-electron chi connectivity index (χ1n) is 12.4. The predicted molar refractivity (Wildman–Crippen MR) is 146 cm³/mol. The molecule has 0 aromatic heterocycles. The fraction of sp³-hybridized carbons (Fsp3) is 0.778. The number of hydrogen-bond donors (Lipinski definition) is 1. The van der Waals surface area contributed by atoms with Gasteiger partial charge in [-0.05, 0) is 61.6 Å². The van der Waals surface area contributed by atoms with Crippen LogP contribution in [0.25, 0.3) is 0 Å². The molecule has 0 aliphatic rings. The molecule has 0 spiro atoms. The van der Waals surface area contributed by atoms with Crippen LogP contribution in [0.3, 0.4) is 0 Å². The van der Waals surface area contributed by atoms with Crippen LogP contribution in [0.2, 0.25) is 36.3 Å². The highest BCUT2D eigenvalue weighted by Crippen LogP contribution is 2.38. The fourth-order valence-electron chi connectivity index (χ4n) is 2.58. The second-order valence-corrected chi connectivity index (χ2v) is 21.3. The van der Waals surface area contributed by atoms with E-state index in [1.165, 1.54) is 12.8 Å². The molecule has 0 aromatic carbocycles. The van der Waals surface area contributed by atoms with Crippen LogP contribution in [0.5, 0.6) is 0 Å². The molecule has 0 unspecified atom stereocenters. The molecule has 0 aliphatic carbocycles. The lowest BCUT2D eigenvalue weighted by molar-refractivity contribution is 0.174. The van der Waals surface area contributed by atoms with E-state index in [0.29, 0.717) is 6.42 Å². The molecule has 0 amide bonds. The molecule has 0 aromatic rings. The summed E-state index contributed by atoms with van der Waals surface area (Å²) in [5.74, 6) is 6.55. The lowest BCUT2D eigenvalue weighted by atomic mass is 10.1. The Labute approximate surface area is 202 Å². The summed E-state index contributed by atoms with van der Waals surface area (Å²) in [6.07, 6.45) is 13.0. The molecule has 0 rings (SSSR count). The summed E-state index contributed by atoms with van der Waals surface area (Å²) in [6.45, 7) is 24.9. The standard InChI is InChI=1S/C27H52O3Si2/c1-12-13-16-19-24(29-31(8,9)26(2,3)4)20-17-14-15-18-21-25(22-23-28)30-32(10,11)27(5,6)7/h14-15,18,21,24-25,28H,12-13,16,19,22-23H2,1-11H3/b15-14+,21-18+/t24-,25-/m1/s1. The third-order valence-corrected chi connectivity index (χ3v) is 15.8. The first-order valence-corrected chi connectivity index (χ1v) is 18.2. The summed E-state index contributed by atoms with van der Waals surface area (Å²) in [6, 6.07) is 0. The number of aliphatic hydroxyl groups excluding tert-OH is 1. The zero-order valence-corrected chi connectivity index (χ0v) is 25.0. The SMILES string of the molecule is CCCCC[C@H](C#C/C=C/C=C/[C@H](CCO)O[Si](C)(C)C(C)(C)C)O[Si](C)(C)C(C)(C)C. The average molecular weight is 481 g/mol. The molecule has 1 N–H and O–H groups in total. The monoisotopic (exact) mass is 480 g/mol. The fourth-order valence-corrected chi connectivity index (χ4v) is 5.13. The van der Waals surface area contributed by atoms with Gasteiger partial charge in [0.25, 0.3) is 0 Å². The van der Waals surface area contributed by atoms with Gasteiger partial charge in [-0.1, -0.05) is 91.4 Å². The highest BCUT2D eigenvalue weighted by Gasteiger charge is 2.39. The smallest absolute Gasteiger partial charge is 0.193 e. The summed E-state index contributed by atoms with van der Waals surface area (Å²) in [5, 5.41) is 9.76. The number of aliphatic hydroxyl groups is 1. The normalized spacial score (nSPS) is 15.8. The van der Waals surface area contributed by atoms with Crippen LogP contribution < -0.4 is 0 Å². The highest BCUT2D eigenvalue weighted by molar-refractivity contribution is 6.74. The largest absolute Gasteiger partial charge is 0.410 e. The molecule has 3 nitrogen and oxygen atoms in total. The van der Waals surface area contributed by atoms with E-state index < -0.39 is 16.6 Å². The van der Waals surface area contributed by atoms with Gasteiger partial charge < -0.3 is 14.0 Å². The lowest BCUT2D eigenvalue weighted by Crippen LogP contribution is -2.43. The highest BCUT2D eigenvalue weighted by atomic mass is 28.4. The van der Waals surface area contributed by atoms with Gasteiger partial charge in [0, 0.05) is 6.61 Å². The maximum atomic E-state index is 9.43. The molecule has 0 saturated carbocycles. The van der Waals surface area contributed by atoms with Crippen LogP contribution in [0.4, 0.5) is 0 Å². The molecule has 5 heteroatoms. The summed E-state index contributed by atoms with van der Waals surface area (Å²) in [7, 11) is -3.72. The van der Waals surface area contributed by atoms with Gasteiger partial charge in [0.15, 0.2) is 16.6 Å². The quantitative estimate of drug-likeness (QED) is 0.134. The van der Waals surface area contributed by atoms with Crippen molar-refractivity contribution in [3.8, 4) is 11.8 Å². The van der Waals surface area contributed by atoms with E-state index in [1.54, 1.807) is 0 Å². The summed E-state index contributed by atoms with van der Waals surface area (Å²) >= 11 is 0. The van der Waals surface area contributed by atoms with Crippen molar-refractivity contribution in [3.63, 3.8) is 0 Å². The topological polar surface area (TPSA) is 38.7 Å². The number of rotatable bonds is 12. The van der Waals surface area contributed by atoms with Gasteiger partial charge >= 0.3 is 0 Å². The summed E-state index contributed by atoms with van der Waals surface area (Å²) < 4.78 is 13.0. The van der Waals surface area contributed by atoms with E-state index in [9.17, 15) is 5.11 Å². The molecule has 0 radical (unpaired) electrons. The van der Waals surface area contributed by atoms with Crippen molar-refractivity contribution in [1.82, 2.24) is 0 Å². The van der Waals surface area contributed by atoms with Crippen molar-refractivity contribution in [2.75, 3.05) is 6.61 Å². The molecule has 186 valence electrons. The second kappa shape index (κ2) is 13.9. The second-order valence-electron chi connectivity index (χ2n) is 11.8.